The Balaban J connectivity index is 1.59. The van der Waals surface area contributed by atoms with Crippen molar-refractivity contribution in [3.63, 3.8) is 0 Å². The summed E-state index contributed by atoms with van der Waals surface area (Å²) in [5.41, 5.74) is -0.611. The molecule has 0 aliphatic carbocycles. The highest BCUT2D eigenvalue weighted by Crippen LogP contribution is 2.35. The molecule has 2 amide bonds. The number of aromatic carboxylic acids is 1. The lowest BCUT2D eigenvalue weighted by Gasteiger charge is -2.26. The molecule has 194 valence electrons. The molecule has 0 bridgehead atoms. The number of rotatable bonds is 10. The van der Waals surface area contributed by atoms with Gasteiger partial charge in [0.05, 0.1) is 29.8 Å². The van der Waals surface area contributed by atoms with Gasteiger partial charge in [-0.05, 0) is 35.2 Å². The van der Waals surface area contributed by atoms with Gasteiger partial charge in [-0.3, -0.25) is 9.59 Å². The number of hydrogen-bond donors (Lipinski definition) is 1. The number of imide groups is 1. The molecule has 12 heteroatoms. The number of carbonyl (C=O) groups excluding carboxylic acids is 2. The van der Waals surface area contributed by atoms with Gasteiger partial charge in [0.15, 0.2) is 11.6 Å². The lowest BCUT2D eigenvalue weighted by Crippen LogP contribution is -2.43. The number of carboxylic acid groups (broad SMARTS) is 1. The van der Waals surface area contributed by atoms with Gasteiger partial charge in [0.25, 0.3) is 5.91 Å². The zero-order valence-electron chi connectivity index (χ0n) is 19.4. The quantitative estimate of drug-likeness (QED) is 0.299. The molecule has 0 fully saturated rings. The predicted octanol–water partition coefficient (Wildman–Crippen LogP) is 4.59. The fourth-order valence-electron chi connectivity index (χ4n) is 3.77. The second-order valence-corrected chi connectivity index (χ2v) is 8.80. The summed E-state index contributed by atoms with van der Waals surface area (Å²) in [5.74, 6) is -6.33. The van der Waals surface area contributed by atoms with E-state index in [9.17, 15) is 32.7 Å². The van der Waals surface area contributed by atoms with Crippen molar-refractivity contribution in [2.75, 3.05) is 25.2 Å². The van der Waals surface area contributed by atoms with Crippen molar-refractivity contribution in [1.29, 1.82) is 0 Å². The molecule has 3 aromatic rings. The molecule has 0 saturated heterocycles. The fraction of sp³-hybridized carbons (Fsp3) is 0.240. The van der Waals surface area contributed by atoms with Gasteiger partial charge in [0, 0.05) is 26.2 Å². The smallest absolute Gasteiger partial charge is 0.346 e. The monoisotopic (exact) mass is 535 g/mol. The topological polar surface area (TPSA) is 102 Å². The Hall–Kier alpha value is -3.90. The molecule has 37 heavy (non-hydrogen) atoms. The highest BCUT2D eigenvalue weighted by atomic mass is 32.1. The Morgan fingerprint density at radius 2 is 1.84 bits per heavy atom. The maximum Gasteiger partial charge on any atom is 0.346 e. The van der Waals surface area contributed by atoms with Crippen LogP contribution in [0.3, 0.4) is 0 Å². The van der Waals surface area contributed by atoms with Crippen molar-refractivity contribution in [3.8, 4) is 11.5 Å². The number of carbonyl (C=O) groups is 3. The predicted molar refractivity (Wildman–Crippen MR) is 126 cm³/mol. The normalized spacial score (nSPS) is 13.0. The molecule has 0 radical (unpaired) electrons. The zero-order chi connectivity index (χ0) is 26.7. The maximum atomic E-state index is 14.8. The summed E-state index contributed by atoms with van der Waals surface area (Å²) in [5, 5.41) is 10.8. The van der Waals surface area contributed by atoms with Gasteiger partial charge < -0.3 is 19.3 Å². The van der Waals surface area contributed by atoms with Crippen molar-refractivity contribution in [3.05, 3.63) is 74.7 Å². The number of carboxylic acids is 1. The Morgan fingerprint density at radius 1 is 1.08 bits per heavy atom. The number of amides is 2. The minimum atomic E-state index is -1.34. The first-order chi connectivity index (χ1) is 17.7. The first-order valence-electron chi connectivity index (χ1n) is 10.9. The van der Waals surface area contributed by atoms with Crippen molar-refractivity contribution >= 4 is 34.8 Å². The van der Waals surface area contributed by atoms with Crippen LogP contribution in [0.4, 0.5) is 18.9 Å². The van der Waals surface area contributed by atoms with Crippen molar-refractivity contribution in [1.82, 2.24) is 0 Å². The molecule has 0 unspecified atom stereocenters. The summed E-state index contributed by atoms with van der Waals surface area (Å²) >= 11 is 0.799. The van der Waals surface area contributed by atoms with E-state index < -0.39 is 47.5 Å². The average molecular weight is 535 g/mol. The van der Waals surface area contributed by atoms with Crippen LogP contribution in [0.2, 0.25) is 0 Å². The van der Waals surface area contributed by atoms with Crippen molar-refractivity contribution in [2.45, 2.75) is 19.4 Å². The van der Waals surface area contributed by atoms with Gasteiger partial charge >= 0.3 is 5.97 Å². The average Bonchev–Trinajstić information content (AvgIpc) is 3.29. The third-order valence-electron chi connectivity index (χ3n) is 5.51. The van der Waals surface area contributed by atoms with E-state index >= 15 is 0 Å². The lowest BCUT2D eigenvalue weighted by molar-refractivity contribution is -0.117. The Bertz CT molecular complexity index is 1370. The number of thiophene rings is 1. The lowest BCUT2D eigenvalue weighted by atomic mass is 10.0. The van der Waals surface area contributed by atoms with E-state index in [2.05, 4.69) is 0 Å². The van der Waals surface area contributed by atoms with Crippen LogP contribution in [0.5, 0.6) is 11.5 Å². The third-order valence-corrected chi connectivity index (χ3v) is 6.53. The Morgan fingerprint density at radius 3 is 2.57 bits per heavy atom. The summed E-state index contributed by atoms with van der Waals surface area (Å²) in [6.07, 6.45) is 0.206. The highest BCUT2D eigenvalue weighted by molar-refractivity contribution is 7.12. The summed E-state index contributed by atoms with van der Waals surface area (Å²) in [6, 6.07) is 5.35. The molecule has 1 N–H and O–H groups in total. The van der Waals surface area contributed by atoms with Crippen LogP contribution in [-0.2, 0) is 22.6 Å². The highest BCUT2D eigenvalue weighted by Gasteiger charge is 2.38. The maximum absolute atomic E-state index is 14.8. The minimum absolute atomic E-state index is 0.0462. The van der Waals surface area contributed by atoms with Crippen LogP contribution in [-0.4, -0.2) is 43.2 Å². The van der Waals surface area contributed by atoms with E-state index in [1.165, 1.54) is 24.6 Å². The molecular weight excluding hydrogens is 515 g/mol. The molecule has 1 aliphatic heterocycles. The Labute approximate surface area is 212 Å². The van der Waals surface area contributed by atoms with Crippen molar-refractivity contribution in [2.24, 2.45) is 0 Å². The number of halogens is 3. The van der Waals surface area contributed by atoms with E-state index in [1.807, 2.05) is 0 Å². The number of hydrogen-bond acceptors (Lipinski definition) is 7. The van der Waals surface area contributed by atoms with Crippen LogP contribution in [0, 0.1) is 17.5 Å². The minimum Gasteiger partial charge on any atom is -0.493 e. The van der Waals surface area contributed by atoms with Gasteiger partial charge in [0.2, 0.25) is 5.91 Å². The number of anilines is 1. The van der Waals surface area contributed by atoms with Gasteiger partial charge in [-0.25, -0.2) is 22.9 Å². The first-order valence-corrected chi connectivity index (χ1v) is 11.8. The standard InChI is InChI=1S/C25H20F3NO7S/c1-34-7-2-8-35-19-6-5-17(27)22(28)15(19)11-36-14-3-4-16(26)18(10-14)29-20(30)9-13-12-37-23(25(32)33)21(13)24(29)31/h3-6,10,12H,2,7-9,11H2,1H3,(H,32,33). The number of nitrogens with zero attached hydrogens (tertiary/aromatic N) is 1. The molecule has 8 nitrogen and oxygen atoms in total. The van der Waals surface area contributed by atoms with E-state index in [1.54, 1.807) is 0 Å². The number of ether oxygens (including phenoxy) is 3. The first kappa shape index (κ1) is 26.2. The van der Waals surface area contributed by atoms with Gasteiger partial charge in [-0.2, -0.15) is 0 Å². The molecule has 1 aromatic heterocycles. The SMILES string of the molecule is COCCCOc1ccc(F)c(F)c1COc1ccc(F)c(N2C(=O)Cc3csc(C(=O)O)c3C2=O)c1. The van der Waals surface area contributed by atoms with E-state index in [0.29, 0.717) is 17.9 Å². The molecule has 0 spiro atoms. The second-order valence-electron chi connectivity index (χ2n) is 7.92. The van der Waals surface area contributed by atoms with Gasteiger partial charge in [0.1, 0.15) is 28.8 Å². The zero-order valence-corrected chi connectivity index (χ0v) is 20.2. The largest absolute Gasteiger partial charge is 0.493 e. The molecule has 0 atom stereocenters. The van der Waals surface area contributed by atoms with Crippen LogP contribution in [0.15, 0.2) is 35.7 Å². The fourth-order valence-corrected chi connectivity index (χ4v) is 4.66. The summed E-state index contributed by atoms with van der Waals surface area (Å²) < 4.78 is 59.2. The van der Waals surface area contributed by atoms with Crippen molar-refractivity contribution < 1.29 is 46.9 Å². The van der Waals surface area contributed by atoms with Crippen LogP contribution < -0.4 is 14.4 Å². The summed E-state index contributed by atoms with van der Waals surface area (Å²) in [4.78, 5) is 37.6. The third kappa shape index (κ3) is 5.30. The molecule has 2 heterocycles. The van der Waals surface area contributed by atoms with E-state index in [0.717, 1.165) is 29.5 Å². The van der Waals surface area contributed by atoms with Gasteiger partial charge in [-0.15, -0.1) is 11.3 Å². The molecular formula is C25H20F3NO7S. The second kappa shape index (κ2) is 11.0. The molecule has 2 aromatic carbocycles. The Kier molecular flexibility index (Phi) is 7.79. The van der Waals surface area contributed by atoms with Crippen LogP contribution in [0.1, 0.15) is 37.6 Å². The molecule has 0 saturated carbocycles. The number of methoxy groups -OCH3 is 1. The van der Waals surface area contributed by atoms with E-state index in [-0.39, 0.29) is 46.1 Å². The summed E-state index contributed by atoms with van der Waals surface area (Å²) in [7, 11) is 1.52. The molecule has 1 aliphatic rings. The van der Waals surface area contributed by atoms with E-state index in [4.69, 9.17) is 14.2 Å². The van der Waals surface area contributed by atoms with Crippen LogP contribution >= 0.6 is 11.3 Å². The van der Waals surface area contributed by atoms with Gasteiger partial charge in [-0.1, -0.05) is 0 Å². The van der Waals surface area contributed by atoms with Crippen LogP contribution in [0.25, 0.3) is 0 Å². The molecule has 4 rings (SSSR count). The summed E-state index contributed by atoms with van der Waals surface area (Å²) in [6.45, 7) is 0.0747. The number of benzene rings is 2. The number of fused-ring (bicyclic) bond motifs is 1.